The summed E-state index contributed by atoms with van der Waals surface area (Å²) < 4.78 is 24.0. The molecule has 0 aliphatic carbocycles. The highest BCUT2D eigenvalue weighted by Crippen LogP contribution is 2.49. The summed E-state index contributed by atoms with van der Waals surface area (Å²) in [5, 5.41) is 14.7. The van der Waals surface area contributed by atoms with Gasteiger partial charge in [0.1, 0.15) is 24.0 Å². The summed E-state index contributed by atoms with van der Waals surface area (Å²) in [5.74, 6) is -3.82. The van der Waals surface area contributed by atoms with Crippen molar-refractivity contribution in [1.29, 1.82) is 0 Å². The fraction of sp³-hybridized carbons (Fsp3) is 0.833. The topological polar surface area (TPSA) is 201 Å². The number of urea groups is 1. The van der Waals surface area contributed by atoms with E-state index in [0.717, 1.165) is 4.90 Å². The van der Waals surface area contributed by atoms with Crippen LogP contribution in [0.4, 0.5) is 4.79 Å². The van der Waals surface area contributed by atoms with Crippen molar-refractivity contribution in [3.8, 4) is 0 Å². The molecule has 2 fully saturated rings. The van der Waals surface area contributed by atoms with Gasteiger partial charge in [-0.1, -0.05) is 19.8 Å². The number of carbonyl (C=O) groups is 4. The van der Waals surface area contributed by atoms with Gasteiger partial charge in [0.15, 0.2) is 0 Å². The zero-order valence-electron chi connectivity index (χ0n) is 22.9. The van der Waals surface area contributed by atoms with Gasteiger partial charge >= 0.3 is 19.6 Å². The second-order valence-electron chi connectivity index (χ2n) is 9.89. The zero-order valence-corrected chi connectivity index (χ0v) is 23.8. The van der Waals surface area contributed by atoms with E-state index in [1.807, 2.05) is 6.92 Å². The lowest BCUT2D eigenvalue weighted by molar-refractivity contribution is -0.151. The number of nitrogens with zero attached hydrogens (tertiary/aromatic N) is 2. The molecule has 224 valence electrons. The van der Waals surface area contributed by atoms with E-state index in [9.17, 15) is 33.7 Å². The number of amides is 4. The smallest absolute Gasteiger partial charge is 0.350 e. The van der Waals surface area contributed by atoms with Crippen LogP contribution in [0.1, 0.15) is 65.2 Å². The maximum Gasteiger partial charge on any atom is 0.350 e. The summed E-state index contributed by atoms with van der Waals surface area (Å²) >= 11 is 0. The van der Waals surface area contributed by atoms with Crippen molar-refractivity contribution in [3.63, 3.8) is 0 Å². The fourth-order valence-electron chi connectivity index (χ4n) is 4.61. The Labute approximate surface area is 229 Å². The standard InChI is InChI=1S/C24H44N5O9P/c1-3-4-10-20(39(35,36)38-17(2)22(31)29-12-7-9-19(29)23(32)33)27-21(30)18(8-5-6-11-25)26-24(34)28-13-15-37-16-14-28/h17-20H,3-16,25H2,1-2H3,(H,26,34)(H,27,30)(H,32,33)(H,35,36)/t17-,18-,19-,20?/m0/s1. The molecule has 15 heteroatoms. The quantitative estimate of drug-likeness (QED) is 0.137. The molecule has 2 rings (SSSR count). The van der Waals surface area contributed by atoms with Gasteiger partial charge in [0.05, 0.1) is 13.2 Å². The van der Waals surface area contributed by atoms with Crippen molar-refractivity contribution in [3.05, 3.63) is 0 Å². The van der Waals surface area contributed by atoms with Crippen molar-refractivity contribution in [2.45, 2.75) is 89.2 Å². The molecular formula is C24H44N5O9P. The Morgan fingerprint density at radius 2 is 1.79 bits per heavy atom. The lowest BCUT2D eigenvalue weighted by Gasteiger charge is -2.31. The number of hydrogen-bond acceptors (Lipinski definition) is 8. The minimum Gasteiger partial charge on any atom is -0.480 e. The lowest BCUT2D eigenvalue weighted by Crippen LogP contribution is -2.54. The van der Waals surface area contributed by atoms with Gasteiger partial charge in [-0.3, -0.25) is 18.7 Å². The summed E-state index contributed by atoms with van der Waals surface area (Å²) in [6.45, 7) is 5.34. The fourth-order valence-corrected chi connectivity index (χ4v) is 6.10. The molecule has 2 aliphatic heterocycles. The Bertz CT molecular complexity index is 886. The Morgan fingerprint density at radius 1 is 1.10 bits per heavy atom. The van der Waals surface area contributed by atoms with Crippen LogP contribution in [-0.2, 0) is 28.2 Å². The minimum absolute atomic E-state index is 0.103. The molecule has 0 aromatic rings. The third-order valence-corrected chi connectivity index (χ3v) is 8.66. The van der Waals surface area contributed by atoms with Crippen LogP contribution in [0.15, 0.2) is 0 Å². The van der Waals surface area contributed by atoms with Crippen LogP contribution < -0.4 is 16.4 Å². The predicted molar refractivity (Wildman–Crippen MR) is 142 cm³/mol. The Morgan fingerprint density at radius 3 is 2.41 bits per heavy atom. The predicted octanol–water partition coefficient (Wildman–Crippen LogP) is 0.824. The number of carboxylic acids is 1. The molecule has 0 saturated carbocycles. The monoisotopic (exact) mass is 577 g/mol. The summed E-state index contributed by atoms with van der Waals surface area (Å²) in [4.78, 5) is 64.0. The number of unbranched alkanes of at least 4 members (excludes halogenated alkanes) is 2. The summed E-state index contributed by atoms with van der Waals surface area (Å²) in [6, 6.07) is -2.42. The number of carboxylic acid groups (broad SMARTS) is 1. The van der Waals surface area contributed by atoms with Crippen LogP contribution in [0.2, 0.25) is 0 Å². The number of ether oxygens (including phenoxy) is 1. The van der Waals surface area contributed by atoms with Gasteiger partial charge < -0.3 is 40.9 Å². The number of likely N-dealkylation sites (tertiary alicyclic amines) is 1. The second-order valence-corrected chi connectivity index (χ2v) is 11.9. The summed E-state index contributed by atoms with van der Waals surface area (Å²) in [5.41, 5.74) is 5.58. The van der Waals surface area contributed by atoms with Crippen LogP contribution >= 0.6 is 7.60 Å². The Kier molecular flexibility index (Phi) is 13.6. The molecule has 0 radical (unpaired) electrons. The number of morpholine rings is 1. The maximum absolute atomic E-state index is 13.4. The molecule has 14 nitrogen and oxygen atoms in total. The van der Waals surface area contributed by atoms with Gasteiger partial charge in [-0.15, -0.1) is 0 Å². The Hall–Kier alpha value is -2.25. The number of hydrogen-bond donors (Lipinski definition) is 5. The molecule has 0 bridgehead atoms. The van der Waals surface area contributed by atoms with Gasteiger partial charge in [0.25, 0.3) is 5.91 Å². The Balaban J connectivity index is 2.12. The normalized spacial score (nSPS) is 21.5. The molecule has 2 aliphatic rings. The first-order chi connectivity index (χ1) is 18.5. The summed E-state index contributed by atoms with van der Waals surface area (Å²) in [7, 11) is -4.60. The van der Waals surface area contributed by atoms with Crippen molar-refractivity contribution < 1.29 is 43.0 Å². The molecule has 2 heterocycles. The van der Waals surface area contributed by atoms with Crippen molar-refractivity contribution in [2.75, 3.05) is 39.4 Å². The minimum atomic E-state index is -4.60. The third-order valence-electron chi connectivity index (χ3n) is 6.87. The van der Waals surface area contributed by atoms with E-state index >= 15 is 0 Å². The van der Waals surface area contributed by atoms with Gasteiger partial charge in [0.2, 0.25) is 5.91 Å². The summed E-state index contributed by atoms with van der Waals surface area (Å²) in [6.07, 6.45) is 2.12. The van der Waals surface area contributed by atoms with E-state index < -0.39 is 55.4 Å². The largest absolute Gasteiger partial charge is 0.480 e. The van der Waals surface area contributed by atoms with E-state index in [1.54, 1.807) is 0 Å². The molecule has 0 aromatic carbocycles. The first kappa shape index (κ1) is 33.0. The van der Waals surface area contributed by atoms with E-state index in [2.05, 4.69) is 10.6 Å². The third kappa shape index (κ3) is 10.0. The first-order valence-corrected chi connectivity index (χ1v) is 15.3. The number of aliphatic carboxylic acids is 1. The number of nitrogens with one attached hydrogen (secondary N) is 2. The van der Waals surface area contributed by atoms with E-state index in [4.69, 9.17) is 15.0 Å². The van der Waals surface area contributed by atoms with Crippen molar-refractivity contribution in [2.24, 2.45) is 5.73 Å². The van der Waals surface area contributed by atoms with Crippen LogP contribution in [0.25, 0.3) is 0 Å². The average molecular weight is 578 g/mol. The molecule has 0 aromatic heterocycles. The molecule has 2 unspecified atom stereocenters. The first-order valence-electron chi connectivity index (χ1n) is 13.7. The molecule has 2 saturated heterocycles. The molecule has 4 amide bonds. The van der Waals surface area contributed by atoms with Gasteiger partial charge in [0, 0.05) is 19.6 Å². The number of rotatable bonds is 15. The van der Waals surface area contributed by atoms with Crippen molar-refractivity contribution in [1.82, 2.24) is 20.4 Å². The number of carbonyl (C=O) groups excluding carboxylic acids is 3. The van der Waals surface area contributed by atoms with Crippen molar-refractivity contribution >= 4 is 31.4 Å². The highest BCUT2D eigenvalue weighted by molar-refractivity contribution is 7.53. The number of nitrogens with two attached hydrogens (primary N) is 1. The van der Waals surface area contributed by atoms with E-state index in [0.29, 0.717) is 71.4 Å². The molecule has 6 N–H and O–H groups in total. The van der Waals surface area contributed by atoms with Crippen LogP contribution in [0, 0.1) is 0 Å². The van der Waals surface area contributed by atoms with Crippen LogP contribution in [0.5, 0.6) is 0 Å². The van der Waals surface area contributed by atoms with Crippen LogP contribution in [0.3, 0.4) is 0 Å². The SMILES string of the molecule is CCCCC(NC(=O)[C@H](CCCCN)NC(=O)N1CCOCC1)P(=O)(O)O[C@@H](C)C(=O)N1CCC[C@H]1C(=O)O. The molecular weight excluding hydrogens is 533 g/mol. The second kappa shape index (κ2) is 16.1. The highest BCUT2D eigenvalue weighted by Gasteiger charge is 2.41. The molecule has 39 heavy (non-hydrogen) atoms. The zero-order chi connectivity index (χ0) is 29.0. The van der Waals surface area contributed by atoms with E-state index in [1.165, 1.54) is 11.8 Å². The average Bonchev–Trinajstić information content (AvgIpc) is 3.40. The van der Waals surface area contributed by atoms with Gasteiger partial charge in [-0.2, -0.15) is 0 Å². The molecule has 0 spiro atoms. The van der Waals surface area contributed by atoms with E-state index in [-0.39, 0.29) is 19.4 Å². The highest BCUT2D eigenvalue weighted by atomic mass is 31.2. The van der Waals surface area contributed by atoms with Crippen LogP contribution in [-0.4, -0.2) is 107 Å². The lowest BCUT2D eigenvalue weighted by atomic mass is 10.1. The van der Waals surface area contributed by atoms with Gasteiger partial charge in [-0.05, 0) is 52.0 Å². The van der Waals surface area contributed by atoms with Gasteiger partial charge in [-0.25, -0.2) is 9.59 Å². The molecule has 5 atom stereocenters. The maximum atomic E-state index is 13.4.